The van der Waals surface area contributed by atoms with Crippen LogP contribution in [-0.2, 0) is 5.75 Å². The predicted molar refractivity (Wildman–Crippen MR) is 57.6 cm³/mol. The van der Waals surface area contributed by atoms with Crippen molar-refractivity contribution < 1.29 is 4.42 Å². The van der Waals surface area contributed by atoms with Crippen LogP contribution in [0, 0.1) is 0 Å². The van der Waals surface area contributed by atoms with Gasteiger partial charge in [-0.05, 0) is 12.1 Å². The largest absolute Gasteiger partial charge is 0.468 e. The van der Waals surface area contributed by atoms with E-state index in [0.29, 0.717) is 0 Å². The molecule has 1 aromatic heterocycles. The lowest BCUT2D eigenvalue weighted by molar-refractivity contribution is 0.530. The molecular formula is C8H11ClN2OS. The molecular weight excluding hydrogens is 208 g/mol. The Hall–Kier alpha value is -0.610. The quantitative estimate of drug-likeness (QED) is 0.824. The maximum Gasteiger partial charge on any atom is 0.157 e. The highest BCUT2D eigenvalue weighted by Gasteiger charge is 2.05. The van der Waals surface area contributed by atoms with Gasteiger partial charge in [-0.1, -0.05) is 11.8 Å². The topological polar surface area (TPSA) is 37.5 Å². The maximum atomic E-state index is 5.19. The molecule has 72 valence electrons. The minimum atomic E-state index is 0. The van der Waals surface area contributed by atoms with Gasteiger partial charge in [0.1, 0.15) is 5.76 Å². The molecule has 2 heterocycles. The summed E-state index contributed by atoms with van der Waals surface area (Å²) in [7, 11) is 0. The summed E-state index contributed by atoms with van der Waals surface area (Å²) in [6.07, 6.45) is 1.69. The average Bonchev–Trinajstić information content (AvgIpc) is 2.74. The molecule has 0 spiro atoms. The number of nitrogens with zero attached hydrogens (tertiary/aromatic N) is 1. The molecule has 1 aliphatic rings. The summed E-state index contributed by atoms with van der Waals surface area (Å²) in [6.45, 7) is 1.88. The van der Waals surface area contributed by atoms with Crippen molar-refractivity contribution in [2.75, 3.05) is 13.1 Å². The van der Waals surface area contributed by atoms with Gasteiger partial charge in [0.2, 0.25) is 0 Å². The Morgan fingerprint density at radius 1 is 1.62 bits per heavy atom. The second-order valence-corrected chi connectivity index (χ2v) is 3.45. The fourth-order valence-electron chi connectivity index (χ4n) is 1.01. The van der Waals surface area contributed by atoms with E-state index >= 15 is 0 Å². The highest BCUT2D eigenvalue weighted by Crippen LogP contribution is 2.14. The number of nitrogens with one attached hydrogen (secondary N) is 1. The van der Waals surface area contributed by atoms with E-state index in [9.17, 15) is 0 Å². The van der Waals surface area contributed by atoms with Crippen molar-refractivity contribution in [3.63, 3.8) is 0 Å². The molecule has 0 aliphatic carbocycles. The number of thioether (sulfide) groups is 1. The van der Waals surface area contributed by atoms with Crippen LogP contribution in [0.2, 0.25) is 0 Å². The van der Waals surface area contributed by atoms with Gasteiger partial charge in [-0.25, -0.2) is 0 Å². The molecule has 1 aliphatic heterocycles. The number of furan rings is 1. The van der Waals surface area contributed by atoms with E-state index in [2.05, 4.69) is 10.3 Å². The highest BCUT2D eigenvalue weighted by atomic mass is 35.5. The first-order valence-electron chi connectivity index (χ1n) is 3.88. The molecule has 0 bridgehead atoms. The van der Waals surface area contributed by atoms with E-state index in [1.807, 2.05) is 12.1 Å². The molecule has 0 fully saturated rings. The number of rotatable bonds is 2. The van der Waals surface area contributed by atoms with Gasteiger partial charge < -0.3 is 9.73 Å². The molecule has 0 saturated heterocycles. The molecule has 5 heteroatoms. The van der Waals surface area contributed by atoms with E-state index < -0.39 is 0 Å². The van der Waals surface area contributed by atoms with Gasteiger partial charge in [0.15, 0.2) is 5.17 Å². The Balaban J connectivity index is 0.000000845. The zero-order valence-corrected chi connectivity index (χ0v) is 8.66. The Labute approximate surface area is 87.4 Å². The molecule has 1 aromatic rings. The predicted octanol–water partition coefficient (Wildman–Crippen LogP) is 1.89. The van der Waals surface area contributed by atoms with Crippen LogP contribution < -0.4 is 5.32 Å². The molecule has 0 saturated carbocycles. The summed E-state index contributed by atoms with van der Waals surface area (Å²) in [5.41, 5.74) is 0. The van der Waals surface area contributed by atoms with Crippen molar-refractivity contribution in [2.24, 2.45) is 4.99 Å². The van der Waals surface area contributed by atoms with Crippen molar-refractivity contribution in [1.29, 1.82) is 0 Å². The van der Waals surface area contributed by atoms with Gasteiger partial charge in [-0.3, -0.25) is 4.99 Å². The number of aliphatic imine (C=N–C) groups is 1. The lowest BCUT2D eigenvalue weighted by Crippen LogP contribution is -2.14. The Kier molecular flexibility index (Phi) is 4.18. The van der Waals surface area contributed by atoms with E-state index in [-0.39, 0.29) is 12.4 Å². The second-order valence-electron chi connectivity index (χ2n) is 2.48. The van der Waals surface area contributed by atoms with Gasteiger partial charge in [0, 0.05) is 6.54 Å². The zero-order valence-electron chi connectivity index (χ0n) is 7.03. The third kappa shape index (κ3) is 2.97. The molecule has 3 nitrogen and oxygen atoms in total. The molecule has 13 heavy (non-hydrogen) atoms. The highest BCUT2D eigenvalue weighted by molar-refractivity contribution is 8.13. The lowest BCUT2D eigenvalue weighted by atomic mass is 10.5. The van der Waals surface area contributed by atoms with E-state index in [1.54, 1.807) is 18.0 Å². The molecule has 0 amide bonds. The minimum absolute atomic E-state index is 0. The summed E-state index contributed by atoms with van der Waals surface area (Å²) >= 11 is 1.69. The van der Waals surface area contributed by atoms with Gasteiger partial charge in [0.25, 0.3) is 0 Å². The number of hydrogen-bond acceptors (Lipinski definition) is 4. The third-order valence-corrected chi connectivity index (χ3v) is 2.55. The third-order valence-electron chi connectivity index (χ3n) is 1.57. The fraction of sp³-hybridized carbons (Fsp3) is 0.375. The van der Waals surface area contributed by atoms with Crippen LogP contribution in [0.15, 0.2) is 27.8 Å². The van der Waals surface area contributed by atoms with Crippen molar-refractivity contribution in [1.82, 2.24) is 5.32 Å². The summed E-state index contributed by atoms with van der Waals surface area (Å²) in [5.74, 6) is 1.86. The van der Waals surface area contributed by atoms with Gasteiger partial charge >= 0.3 is 0 Å². The van der Waals surface area contributed by atoms with E-state index in [1.165, 1.54) is 0 Å². The Bertz CT molecular complexity index is 274. The molecule has 2 rings (SSSR count). The number of halogens is 1. The second kappa shape index (κ2) is 5.19. The van der Waals surface area contributed by atoms with Crippen LogP contribution in [0.3, 0.4) is 0 Å². The van der Waals surface area contributed by atoms with Crippen molar-refractivity contribution in [3.05, 3.63) is 24.2 Å². The number of amidine groups is 1. The average molecular weight is 219 g/mol. The van der Waals surface area contributed by atoms with Crippen LogP contribution in [0.5, 0.6) is 0 Å². The van der Waals surface area contributed by atoms with E-state index in [4.69, 9.17) is 4.42 Å². The van der Waals surface area contributed by atoms with Gasteiger partial charge in [0.05, 0.1) is 18.6 Å². The first-order chi connectivity index (χ1) is 5.95. The van der Waals surface area contributed by atoms with Crippen LogP contribution >= 0.6 is 24.2 Å². The maximum absolute atomic E-state index is 5.19. The van der Waals surface area contributed by atoms with Gasteiger partial charge in [-0.2, -0.15) is 0 Å². The monoisotopic (exact) mass is 218 g/mol. The Morgan fingerprint density at radius 2 is 2.54 bits per heavy atom. The minimum Gasteiger partial charge on any atom is -0.468 e. The molecule has 0 atom stereocenters. The summed E-state index contributed by atoms with van der Waals surface area (Å²) in [4.78, 5) is 4.26. The molecule has 0 unspecified atom stereocenters. The molecule has 0 radical (unpaired) electrons. The standard InChI is InChI=1S/C8H10N2OS.ClH/c1-2-7(11-5-1)6-12-8-9-3-4-10-8;/h1-2,5H,3-4,6H2,(H,9,10);1H. The first kappa shape index (κ1) is 10.5. The molecule has 1 N–H and O–H groups in total. The van der Waals surface area contributed by atoms with E-state index in [0.717, 1.165) is 29.8 Å². The lowest BCUT2D eigenvalue weighted by Gasteiger charge is -1.98. The SMILES string of the molecule is Cl.c1coc(CSC2=NCCN2)c1. The number of hydrogen-bond donors (Lipinski definition) is 1. The van der Waals surface area contributed by atoms with Crippen LogP contribution in [-0.4, -0.2) is 18.3 Å². The van der Waals surface area contributed by atoms with Crippen molar-refractivity contribution in [3.8, 4) is 0 Å². The summed E-state index contributed by atoms with van der Waals surface area (Å²) in [5, 5.41) is 4.22. The van der Waals surface area contributed by atoms with Crippen LogP contribution in [0.25, 0.3) is 0 Å². The van der Waals surface area contributed by atoms with Crippen LogP contribution in [0.4, 0.5) is 0 Å². The fourth-order valence-corrected chi connectivity index (χ4v) is 1.84. The summed E-state index contributed by atoms with van der Waals surface area (Å²) < 4.78 is 5.19. The smallest absolute Gasteiger partial charge is 0.157 e. The van der Waals surface area contributed by atoms with Crippen LogP contribution in [0.1, 0.15) is 5.76 Å². The van der Waals surface area contributed by atoms with Crippen molar-refractivity contribution >= 4 is 29.3 Å². The van der Waals surface area contributed by atoms with Gasteiger partial charge in [-0.15, -0.1) is 12.4 Å². The first-order valence-corrected chi connectivity index (χ1v) is 4.87. The molecule has 0 aromatic carbocycles. The normalized spacial score (nSPS) is 14.6. The Morgan fingerprint density at radius 3 is 3.15 bits per heavy atom. The van der Waals surface area contributed by atoms with Crippen molar-refractivity contribution in [2.45, 2.75) is 5.75 Å². The zero-order chi connectivity index (χ0) is 8.23. The summed E-state index contributed by atoms with van der Waals surface area (Å²) in [6, 6.07) is 3.88.